The van der Waals surface area contributed by atoms with Crippen molar-refractivity contribution < 1.29 is 8.42 Å². The minimum absolute atomic E-state index is 0.0169. The Hall–Kier alpha value is -0.390. The quantitative estimate of drug-likeness (QED) is 0.853. The SMILES string of the molecule is CCc1ccsc1C(N)CCCS(C)(=O)=O. The van der Waals surface area contributed by atoms with Crippen molar-refractivity contribution in [1.82, 2.24) is 0 Å². The van der Waals surface area contributed by atoms with E-state index in [1.807, 2.05) is 5.38 Å². The Kier molecular flexibility index (Phi) is 4.95. The van der Waals surface area contributed by atoms with E-state index in [1.165, 1.54) is 16.7 Å². The highest BCUT2D eigenvalue weighted by molar-refractivity contribution is 7.90. The molecule has 1 aromatic rings. The molecule has 0 amide bonds. The lowest BCUT2D eigenvalue weighted by Gasteiger charge is -2.11. The molecule has 92 valence electrons. The highest BCUT2D eigenvalue weighted by atomic mass is 32.2. The van der Waals surface area contributed by atoms with Crippen LogP contribution in [-0.2, 0) is 16.3 Å². The molecular formula is C11H19NO2S2. The lowest BCUT2D eigenvalue weighted by molar-refractivity contribution is 0.589. The van der Waals surface area contributed by atoms with Crippen molar-refractivity contribution in [3.8, 4) is 0 Å². The maximum absolute atomic E-state index is 11.0. The van der Waals surface area contributed by atoms with Gasteiger partial charge in [-0.1, -0.05) is 6.92 Å². The second kappa shape index (κ2) is 5.80. The fraction of sp³-hybridized carbons (Fsp3) is 0.636. The molecule has 1 aromatic heterocycles. The highest BCUT2D eigenvalue weighted by Crippen LogP contribution is 2.26. The van der Waals surface area contributed by atoms with Crippen LogP contribution >= 0.6 is 11.3 Å². The van der Waals surface area contributed by atoms with Crippen molar-refractivity contribution in [2.75, 3.05) is 12.0 Å². The van der Waals surface area contributed by atoms with Crippen LogP contribution in [0.2, 0.25) is 0 Å². The van der Waals surface area contributed by atoms with E-state index in [0.717, 1.165) is 12.8 Å². The smallest absolute Gasteiger partial charge is 0.147 e. The summed E-state index contributed by atoms with van der Waals surface area (Å²) in [6.07, 6.45) is 3.63. The fourth-order valence-electron chi connectivity index (χ4n) is 1.66. The molecule has 1 rings (SSSR count). The molecule has 0 radical (unpaired) electrons. The van der Waals surface area contributed by atoms with Crippen LogP contribution in [0.25, 0.3) is 0 Å². The summed E-state index contributed by atoms with van der Waals surface area (Å²) in [5.41, 5.74) is 7.35. The van der Waals surface area contributed by atoms with Crippen LogP contribution in [0.5, 0.6) is 0 Å². The van der Waals surface area contributed by atoms with Crippen LogP contribution in [-0.4, -0.2) is 20.4 Å². The molecular weight excluding hydrogens is 242 g/mol. The minimum atomic E-state index is -2.86. The third-order valence-electron chi connectivity index (χ3n) is 2.53. The van der Waals surface area contributed by atoms with Gasteiger partial charge >= 0.3 is 0 Å². The molecule has 3 nitrogen and oxygen atoms in total. The van der Waals surface area contributed by atoms with Crippen molar-refractivity contribution in [2.24, 2.45) is 5.73 Å². The Balaban J connectivity index is 2.50. The maximum Gasteiger partial charge on any atom is 0.147 e. The summed E-state index contributed by atoms with van der Waals surface area (Å²) in [5.74, 6) is 0.230. The molecule has 1 atom stereocenters. The van der Waals surface area contributed by atoms with Crippen molar-refractivity contribution in [3.63, 3.8) is 0 Å². The molecule has 0 saturated heterocycles. The first-order chi connectivity index (χ1) is 7.44. The van der Waals surface area contributed by atoms with Gasteiger partial charge in [0.2, 0.25) is 0 Å². The number of aryl methyl sites for hydroxylation is 1. The van der Waals surface area contributed by atoms with Gasteiger partial charge in [-0.05, 0) is 36.3 Å². The van der Waals surface area contributed by atoms with Crippen LogP contribution in [0.4, 0.5) is 0 Å². The van der Waals surface area contributed by atoms with Gasteiger partial charge in [0, 0.05) is 22.9 Å². The lowest BCUT2D eigenvalue weighted by atomic mass is 10.1. The molecule has 1 heterocycles. The molecule has 0 spiro atoms. The largest absolute Gasteiger partial charge is 0.323 e. The molecule has 0 aliphatic heterocycles. The Labute approximate surface area is 102 Å². The third kappa shape index (κ3) is 4.23. The maximum atomic E-state index is 11.0. The summed E-state index contributed by atoms with van der Waals surface area (Å²) < 4.78 is 22.0. The van der Waals surface area contributed by atoms with Gasteiger partial charge in [-0.15, -0.1) is 11.3 Å². The van der Waals surface area contributed by atoms with Gasteiger partial charge in [-0.2, -0.15) is 0 Å². The second-order valence-corrected chi connectivity index (χ2v) is 7.25. The van der Waals surface area contributed by atoms with Crippen LogP contribution in [0.1, 0.15) is 36.2 Å². The van der Waals surface area contributed by atoms with Crippen LogP contribution < -0.4 is 5.73 Å². The van der Waals surface area contributed by atoms with Gasteiger partial charge in [0.1, 0.15) is 9.84 Å². The van der Waals surface area contributed by atoms with E-state index in [1.54, 1.807) is 11.3 Å². The van der Waals surface area contributed by atoms with Crippen LogP contribution in [0.15, 0.2) is 11.4 Å². The molecule has 2 N–H and O–H groups in total. The summed E-state index contributed by atoms with van der Waals surface area (Å²) in [6.45, 7) is 2.11. The molecule has 1 unspecified atom stereocenters. The van der Waals surface area contributed by atoms with Crippen molar-refractivity contribution >= 4 is 21.2 Å². The predicted molar refractivity (Wildman–Crippen MR) is 69.6 cm³/mol. The fourth-order valence-corrected chi connectivity index (χ4v) is 3.39. The molecule has 0 bridgehead atoms. The number of nitrogens with two attached hydrogens (primary N) is 1. The normalized spacial score (nSPS) is 13.9. The van der Waals surface area contributed by atoms with Crippen molar-refractivity contribution in [3.05, 3.63) is 21.9 Å². The zero-order valence-electron chi connectivity index (χ0n) is 9.77. The Bertz CT molecular complexity index is 423. The Morgan fingerprint density at radius 2 is 2.19 bits per heavy atom. The van der Waals surface area contributed by atoms with Gasteiger partial charge in [0.25, 0.3) is 0 Å². The van der Waals surface area contributed by atoms with Crippen LogP contribution in [0, 0.1) is 0 Å². The molecule has 0 fully saturated rings. The first kappa shape index (κ1) is 13.7. The zero-order chi connectivity index (χ0) is 12.2. The molecule has 0 saturated carbocycles. The van der Waals surface area contributed by atoms with E-state index in [9.17, 15) is 8.42 Å². The van der Waals surface area contributed by atoms with Crippen molar-refractivity contribution in [1.29, 1.82) is 0 Å². The minimum Gasteiger partial charge on any atom is -0.323 e. The number of hydrogen-bond acceptors (Lipinski definition) is 4. The van der Waals surface area contributed by atoms with Gasteiger partial charge in [0.05, 0.1) is 0 Å². The summed E-state index contributed by atoms with van der Waals surface area (Å²) in [4.78, 5) is 1.20. The highest BCUT2D eigenvalue weighted by Gasteiger charge is 2.12. The summed E-state index contributed by atoms with van der Waals surface area (Å²) in [6, 6.07) is 2.08. The first-order valence-electron chi connectivity index (χ1n) is 5.43. The summed E-state index contributed by atoms with van der Waals surface area (Å²) >= 11 is 1.67. The lowest BCUT2D eigenvalue weighted by Crippen LogP contribution is -2.12. The van der Waals surface area contributed by atoms with Crippen molar-refractivity contribution in [2.45, 2.75) is 32.2 Å². The topological polar surface area (TPSA) is 60.2 Å². The summed E-state index contributed by atoms with van der Waals surface area (Å²) in [5, 5.41) is 2.05. The molecule has 0 aliphatic carbocycles. The number of rotatable bonds is 6. The second-order valence-electron chi connectivity index (χ2n) is 4.04. The third-order valence-corrected chi connectivity index (χ3v) is 4.65. The average Bonchev–Trinajstić information content (AvgIpc) is 2.63. The molecule has 5 heteroatoms. The molecule has 0 aromatic carbocycles. The standard InChI is InChI=1S/C11H19NO2S2/c1-3-9-6-7-15-11(9)10(12)5-4-8-16(2,13)14/h6-7,10H,3-5,8,12H2,1-2H3. The number of hydrogen-bond donors (Lipinski definition) is 1. The zero-order valence-corrected chi connectivity index (χ0v) is 11.4. The number of sulfone groups is 1. The first-order valence-corrected chi connectivity index (χ1v) is 8.37. The van der Waals surface area contributed by atoms with Gasteiger partial charge < -0.3 is 5.73 Å². The number of thiophene rings is 1. The van der Waals surface area contributed by atoms with Gasteiger partial charge in [-0.25, -0.2) is 8.42 Å². The van der Waals surface area contributed by atoms with E-state index in [-0.39, 0.29) is 11.8 Å². The predicted octanol–water partition coefficient (Wildman–Crippen LogP) is 2.14. The summed E-state index contributed by atoms with van der Waals surface area (Å²) in [7, 11) is -2.86. The molecule has 16 heavy (non-hydrogen) atoms. The van der Waals surface area contributed by atoms with Gasteiger partial charge in [0.15, 0.2) is 0 Å². The Morgan fingerprint density at radius 1 is 1.50 bits per heavy atom. The Morgan fingerprint density at radius 3 is 2.75 bits per heavy atom. The van der Waals surface area contributed by atoms with Crippen LogP contribution in [0.3, 0.4) is 0 Å². The van der Waals surface area contributed by atoms with E-state index < -0.39 is 9.84 Å². The average molecular weight is 261 g/mol. The molecule has 0 aliphatic rings. The van der Waals surface area contributed by atoms with Gasteiger partial charge in [-0.3, -0.25) is 0 Å². The van der Waals surface area contributed by atoms with E-state index in [4.69, 9.17) is 5.73 Å². The monoisotopic (exact) mass is 261 g/mol. The van der Waals surface area contributed by atoms with E-state index in [0.29, 0.717) is 6.42 Å². The van der Waals surface area contributed by atoms with E-state index in [2.05, 4.69) is 13.0 Å². The van der Waals surface area contributed by atoms with E-state index >= 15 is 0 Å².